The van der Waals surface area contributed by atoms with Crippen molar-refractivity contribution in [2.24, 2.45) is 0 Å². The highest BCUT2D eigenvalue weighted by molar-refractivity contribution is 6.35. The number of likely N-dealkylation sites (tertiary alicyclic amines) is 1. The van der Waals surface area contributed by atoms with Crippen molar-refractivity contribution < 1.29 is 19.4 Å². The number of benzene rings is 1. The second-order valence-corrected chi connectivity index (χ2v) is 11.5. The van der Waals surface area contributed by atoms with Crippen molar-refractivity contribution in [3.8, 4) is 28.4 Å². The molecule has 0 saturated carbocycles. The summed E-state index contributed by atoms with van der Waals surface area (Å²) in [6.07, 6.45) is 4.53. The first-order valence-electron chi connectivity index (χ1n) is 14.7. The standard InChI is InChI=1S/C33H35ClN6O4/c1-20-25(4-3-5-27(20)38-32(42)29-8-6-21(15-37-29)14-35-16-24-11-13-44-24)31-30(34)26(10-12-36-31)28-9-7-22(33(39-28)43-2)17-40-18-23(41)19-40/h3-10,12,15,23-24,35,41H,11,13-14,16-19H2,1-2H3,(H,38,42)/t24-/m0/s1. The number of pyridine rings is 3. The Kier molecular flexibility index (Phi) is 9.15. The molecule has 4 aromatic rings. The Morgan fingerprint density at radius 2 is 1.98 bits per heavy atom. The molecule has 0 spiro atoms. The molecular formula is C33H35ClN6O4. The zero-order valence-electron chi connectivity index (χ0n) is 24.7. The molecule has 11 heteroatoms. The zero-order valence-corrected chi connectivity index (χ0v) is 25.5. The smallest absolute Gasteiger partial charge is 0.274 e. The topological polar surface area (TPSA) is 122 Å². The Labute approximate surface area is 261 Å². The van der Waals surface area contributed by atoms with Crippen LogP contribution in [-0.2, 0) is 17.8 Å². The predicted molar refractivity (Wildman–Crippen MR) is 169 cm³/mol. The first-order chi connectivity index (χ1) is 21.4. The van der Waals surface area contributed by atoms with Gasteiger partial charge in [0.1, 0.15) is 5.69 Å². The van der Waals surface area contributed by atoms with Crippen LogP contribution in [0.4, 0.5) is 5.69 Å². The van der Waals surface area contributed by atoms with Gasteiger partial charge in [0.05, 0.1) is 35.7 Å². The van der Waals surface area contributed by atoms with Crippen molar-refractivity contribution in [2.75, 3.05) is 38.7 Å². The van der Waals surface area contributed by atoms with E-state index in [1.165, 1.54) is 0 Å². The Morgan fingerprint density at radius 1 is 1.14 bits per heavy atom. The van der Waals surface area contributed by atoms with E-state index < -0.39 is 0 Å². The van der Waals surface area contributed by atoms with Gasteiger partial charge in [-0.1, -0.05) is 35.9 Å². The van der Waals surface area contributed by atoms with Gasteiger partial charge in [-0.2, -0.15) is 0 Å². The molecule has 0 aliphatic carbocycles. The van der Waals surface area contributed by atoms with Gasteiger partial charge in [0.15, 0.2) is 0 Å². The number of halogens is 1. The lowest BCUT2D eigenvalue weighted by molar-refractivity contribution is -0.0484. The number of amides is 1. The predicted octanol–water partition coefficient (Wildman–Crippen LogP) is 4.48. The molecule has 1 aromatic carbocycles. The highest BCUT2D eigenvalue weighted by atomic mass is 35.5. The highest BCUT2D eigenvalue weighted by Gasteiger charge is 2.26. The fourth-order valence-corrected chi connectivity index (χ4v) is 5.67. The van der Waals surface area contributed by atoms with Gasteiger partial charge < -0.3 is 25.2 Å². The number of methoxy groups -OCH3 is 1. The number of hydrogen-bond acceptors (Lipinski definition) is 9. The Bertz CT molecular complexity index is 1640. The summed E-state index contributed by atoms with van der Waals surface area (Å²) in [5.74, 6) is 0.213. The summed E-state index contributed by atoms with van der Waals surface area (Å²) >= 11 is 6.96. The summed E-state index contributed by atoms with van der Waals surface area (Å²) in [4.78, 5) is 28.9. The molecule has 5 heterocycles. The van der Waals surface area contributed by atoms with E-state index >= 15 is 0 Å². The molecule has 2 saturated heterocycles. The lowest BCUT2D eigenvalue weighted by Gasteiger charge is -2.35. The number of anilines is 1. The number of carbonyl (C=O) groups is 1. The highest BCUT2D eigenvalue weighted by Crippen LogP contribution is 2.38. The van der Waals surface area contributed by atoms with Gasteiger partial charge in [-0.3, -0.25) is 19.7 Å². The monoisotopic (exact) mass is 614 g/mol. The number of nitrogens with one attached hydrogen (secondary N) is 2. The minimum atomic E-state index is -0.301. The third kappa shape index (κ3) is 6.59. The quantitative estimate of drug-likeness (QED) is 0.224. The second-order valence-electron chi connectivity index (χ2n) is 11.1. The van der Waals surface area contributed by atoms with E-state index in [1.54, 1.807) is 25.6 Å². The van der Waals surface area contributed by atoms with Crippen LogP contribution in [0, 0.1) is 6.92 Å². The van der Waals surface area contributed by atoms with E-state index in [0.29, 0.717) is 71.5 Å². The van der Waals surface area contributed by atoms with E-state index in [9.17, 15) is 9.90 Å². The van der Waals surface area contributed by atoms with E-state index in [-0.39, 0.29) is 12.0 Å². The fraction of sp³-hybridized carbons (Fsp3) is 0.333. The molecule has 3 N–H and O–H groups in total. The van der Waals surface area contributed by atoms with E-state index in [1.807, 2.05) is 49.4 Å². The van der Waals surface area contributed by atoms with Gasteiger partial charge in [-0.25, -0.2) is 4.98 Å². The molecule has 0 radical (unpaired) electrons. The first kappa shape index (κ1) is 30.1. The molecule has 44 heavy (non-hydrogen) atoms. The molecule has 2 fully saturated rings. The number of carbonyl (C=O) groups excluding carboxylic acids is 1. The third-order valence-corrected chi connectivity index (χ3v) is 8.40. The average molecular weight is 615 g/mol. The van der Waals surface area contributed by atoms with Crippen LogP contribution in [0.2, 0.25) is 5.02 Å². The lowest BCUT2D eigenvalue weighted by Crippen LogP contribution is -2.49. The van der Waals surface area contributed by atoms with Crippen LogP contribution in [0.1, 0.15) is 33.6 Å². The number of β-amino-alcohol motifs (C(OH)–C–C–N with tert-alkyl or cyclic N) is 1. The molecule has 10 nitrogen and oxygen atoms in total. The van der Waals surface area contributed by atoms with Crippen LogP contribution < -0.4 is 15.4 Å². The van der Waals surface area contributed by atoms with Gasteiger partial charge in [0, 0.05) is 74.1 Å². The lowest BCUT2D eigenvalue weighted by atomic mass is 10.0. The van der Waals surface area contributed by atoms with E-state index in [2.05, 4.69) is 25.5 Å². The number of aliphatic hydroxyl groups excluding tert-OH is 1. The Hall–Kier alpha value is -3.93. The van der Waals surface area contributed by atoms with Crippen molar-refractivity contribution in [1.29, 1.82) is 0 Å². The number of aliphatic hydroxyl groups is 1. The van der Waals surface area contributed by atoms with Crippen molar-refractivity contribution in [1.82, 2.24) is 25.2 Å². The van der Waals surface area contributed by atoms with Crippen LogP contribution in [0.25, 0.3) is 22.5 Å². The van der Waals surface area contributed by atoms with Crippen LogP contribution in [0.15, 0.2) is 60.9 Å². The van der Waals surface area contributed by atoms with E-state index in [4.69, 9.17) is 26.1 Å². The molecule has 2 aliphatic heterocycles. The maximum absolute atomic E-state index is 13.1. The fourth-order valence-electron chi connectivity index (χ4n) is 5.36. The van der Waals surface area contributed by atoms with Gasteiger partial charge in [0.25, 0.3) is 5.91 Å². The molecule has 6 rings (SSSR count). The van der Waals surface area contributed by atoms with Crippen LogP contribution >= 0.6 is 11.6 Å². The summed E-state index contributed by atoms with van der Waals surface area (Å²) in [7, 11) is 1.59. The second kappa shape index (κ2) is 13.4. The minimum absolute atomic E-state index is 0.272. The molecule has 0 bridgehead atoms. The van der Waals surface area contributed by atoms with Crippen LogP contribution in [-0.4, -0.2) is 76.4 Å². The van der Waals surface area contributed by atoms with Crippen molar-refractivity contribution >= 4 is 23.2 Å². The van der Waals surface area contributed by atoms with Gasteiger partial charge in [-0.15, -0.1) is 0 Å². The SMILES string of the molecule is COc1nc(-c2ccnc(-c3cccc(NC(=O)c4ccc(CNC[C@@H]5CCO5)cn4)c3C)c2Cl)ccc1CN1CC(O)C1. The van der Waals surface area contributed by atoms with Crippen molar-refractivity contribution in [3.05, 3.63) is 88.3 Å². The third-order valence-electron chi connectivity index (χ3n) is 8.02. The minimum Gasteiger partial charge on any atom is -0.481 e. The van der Waals surface area contributed by atoms with Gasteiger partial charge in [0.2, 0.25) is 5.88 Å². The molecule has 3 aromatic heterocycles. The van der Waals surface area contributed by atoms with Crippen LogP contribution in [0.3, 0.4) is 0 Å². The molecule has 0 unspecified atom stereocenters. The van der Waals surface area contributed by atoms with Gasteiger partial charge >= 0.3 is 0 Å². The largest absolute Gasteiger partial charge is 0.481 e. The number of aromatic nitrogens is 3. The maximum atomic E-state index is 13.1. The summed E-state index contributed by atoms with van der Waals surface area (Å²) in [6, 6.07) is 15.0. The molecule has 1 atom stereocenters. The molecular weight excluding hydrogens is 580 g/mol. The number of hydrogen-bond donors (Lipinski definition) is 3. The summed E-state index contributed by atoms with van der Waals surface area (Å²) in [5.41, 5.74) is 6.48. The molecule has 2 aliphatic rings. The summed E-state index contributed by atoms with van der Waals surface area (Å²) < 4.78 is 11.0. The number of rotatable bonds is 11. The van der Waals surface area contributed by atoms with Gasteiger partial charge in [-0.05, 0) is 48.7 Å². The summed E-state index contributed by atoms with van der Waals surface area (Å²) in [6.45, 7) is 6.16. The normalized spacial score (nSPS) is 16.7. The van der Waals surface area contributed by atoms with Crippen LogP contribution in [0.5, 0.6) is 5.88 Å². The number of ether oxygens (including phenoxy) is 2. The molecule has 1 amide bonds. The Morgan fingerprint density at radius 3 is 2.68 bits per heavy atom. The summed E-state index contributed by atoms with van der Waals surface area (Å²) in [5, 5.41) is 16.4. The first-order valence-corrected chi connectivity index (χ1v) is 15.0. The zero-order chi connectivity index (χ0) is 30.6. The van der Waals surface area contributed by atoms with Crippen molar-refractivity contribution in [3.63, 3.8) is 0 Å². The van der Waals surface area contributed by atoms with E-state index in [0.717, 1.165) is 41.8 Å². The molecule has 228 valence electrons. The number of nitrogens with zero attached hydrogens (tertiary/aromatic N) is 4. The maximum Gasteiger partial charge on any atom is 0.274 e. The van der Waals surface area contributed by atoms with Crippen molar-refractivity contribution in [2.45, 2.75) is 38.6 Å². The Balaban J connectivity index is 1.17. The average Bonchev–Trinajstić information content (AvgIpc) is 2.99.